The summed E-state index contributed by atoms with van der Waals surface area (Å²) in [5.41, 5.74) is 26.8. The Kier molecular flexibility index (Phi) is 10.7. The van der Waals surface area contributed by atoms with Crippen LogP contribution in [0.1, 0.15) is 82.6 Å². The second-order valence-electron chi connectivity index (χ2n) is 21.0. The second-order valence-corrected chi connectivity index (χ2v) is 21.0. The monoisotopic (exact) mass is 927 g/mol. The van der Waals surface area contributed by atoms with Crippen LogP contribution in [-0.4, -0.2) is 10.4 Å². The van der Waals surface area contributed by atoms with E-state index in [9.17, 15) is 4.79 Å². The second kappa shape index (κ2) is 17.2. The lowest BCUT2D eigenvalue weighted by Crippen LogP contribution is -2.15. The predicted octanol–water partition coefficient (Wildman–Crippen LogP) is 18.2. The van der Waals surface area contributed by atoms with Gasteiger partial charge in [0.1, 0.15) is 0 Å². The number of benzene rings is 10. The van der Waals surface area contributed by atoms with Crippen LogP contribution in [0.25, 0.3) is 83.1 Å². The number of ketones is 1. The van der Waals surface area contributed by atoms with Gasteiger partial charge in [0.25, 0.3) is 0 Å². The quantitative estimate of drug-likeness (QED) is 0.152. The molecule has 0 N–H and O–H groups in total. The lowest BCUT2D eigenvalue weighted by molar-refractivity contribution is 0.103. The van der Waals surface area contributed by atoms with Gasteiger partial charge in [0.2, 0.25) is 0 Å². The van der Waals surface area contributed by atoms with E-state index in [4.69, 9.17) is 0 Å². The molecule has 0 radical (unpaired) electrons. The molecule has 0 atom stereocenters. The van der Waals surface area contributed by atoms with Crippen LogP contribution >= 0.6 is 0 Å². The van der Waals surface area contributed by atoms with Crippen molar-refractivity contribution in [2.45, 2.75) is 59.3 Å². The fourth-order valence-electron chi connectivity index (χ4n) is 12.0. The Bertz CT molecular complexity index is 3990. The molecule has 2 aliphatic carbocycles. The number of fused-ring (bicyclic) bond motifs is 9. The number of aromatic nitrogens is 1. The molecular formula is C70H57NO. The molecule has 0 saturated heterocycles. The third-order valence-corrected chi connectivity index (χ3v) is 15.8. The van der Waals surface area contributed by atoms with Crippen LogP contribution in [0.2, 0.25) is 0 Å². The van der Waals surface area contributed by atoms with E-state index in [2.05, 4.69) is 235 Å². The van der Waals surface area contributed by atoms with Crippen molar-refractivity contribution in [2.75, 3.05) is 0 Å². The van der Waals surface area contributed by atoms with Crippen molar-refractivity contribution in [3.8, 4) is 61.3 Å². The predicted molar refractivity (Wildman–Crippen MR) is 303 cm³/mol. The van der Waals surface area contributed by atoms with Gasteiger partial charge in [-0.3, -0.25) is 4.79 Å². The third-order valence-electron chi connectivity index (χ3n) is 15.8. The fourth-order valence-corrected chi connectivity index (χ4v) is 12.0. The molecule has 0 saturated carbocycles. The van der Waals surface area contributed by atoms with E-state index in [0.29, 0.717) is 11.1 Å². The van der Waals surface area contributed by atoms with Crippen molar-refractivity contribution in [1.82, 2.24) is 4.57 Å². The summed E-state index contributed by atoms with van der Waals surface area (Å²) < 4.78 is 2.40. The molecule has 1 aromatic heterocycles. The van der Waals surface area contributed by atoms with E-state index in [1.54, 1.807) is 0 Å². The van der Waals surface area contributed by atoms with Gasteiger partial charge in [0, 0.05) is 38.4 Å². The first-order valence-corrected chi connectivity index (χ1v) is 25.3. The summed E-state index contributed by atoms with van der Waals surface area (Å²) in [6.07, 6.45) is 0. The van der Waals surface area contributed by atoms with E-state index in [0.717, 1.165) is 27.9 Å². The number of nitrogens with zero attached hydrogens (tertiary/aromatic N) is 1. The third kappa shape index (κ3) is 7.36. The zero-order valence-corrected chi connectivity index (χ0v) is 42.1. The Morgan fingerprint density at radius 2 is 0.861 bits per heavy atom. The smallest absolute Gasteiger partial charge is 0.193 e. The first-order valence-electron chi connectivity index (χ1n) is 25.3. The Labute approximate surface area is 423 Å². The highest BCUT2D eigenvalue weighted by atomic mass is 16.1. The van der Waals surface area contributed by atoms with Crippen LogP contribution in [0.5, 0.6) is 0 Å². The maximum absolute atomic E-state index is 13.9. The van der Waals surface area contributed by atoms with Crippen molar-refractivity contribution in [1.29, 1.82) is 0 Å². The molecular weight excluding hydrogens is 871 g/mol. The summed E-state index contributed by atoms with van der Waals surface area (Å²) >= 11 is 0. The van der Waals surface area contributed by atoms with Gasteiger partial charge < -0.3 is 4.57 Å². The van der Waals surface area contributed by atoms with E-state index >= 15 is 0 Å². The number of carbonyl (C=O) groups is 1. The lowest BCUT2D eigenvalue weighted by atomic mass is 9.81. The standard InChI is InChI=1S/C47H35NO.C23H22/c1-30-12-8-13-31(24-30)32-14-9-17-35(25-32)46(49)36-18-10-15-33(26-36)34-16-11-19-37(27-34)48-44-23-7-5-21-39(44)41-28-40-38-20-4-6-22-42(38)47(2,3)43(40)29-45(41)48;1-15-9-5-6-10-17(15)19-14-20-18-11-7-8-12-21(18)23(3,4)22(20)13-16(19)2/h4-29H,1-3H3;5-14H,1-4H3. The molecule has 0 spiro atoms. The van der Waals surface area contributed by atoms with Crippen LogP contribution in [0.15, 0.2) is 218 Å². The highest BCUT2D eigenvalue weighted by Gasteiger charge is 2.37. The summed E-state index contributed by atoms with van der Waals surface area (Å²) in [6, 6.07) is 77.8. The number of hydrogen-bond acceptors (Lipinski definition) is 1. The molecule has 0 unspecified atom stereocenters. The summed E-state index contributed by atoms with van der Waals surface area (Å²) in [7, 11) is 0. The van der Waals surface area contributed by atoms with Gasteiger partial charge in [-0.25, -0.2) is 0 Å². The first-order chi connectivity index (χ1) is 34.9. The number of hydrogen-bond donors (Lipinski definition) is 0. The highest BCUT2D eigenvalue weighted by Crippen LogP contribution is 2.52. The molecule has 11 aromatic rings. The fraction of sp³-hybridized carbons (Fsp3) is 0.129. The van der Waals surface area contributed by atoms with Gasteiger partial charge >= 0.3 is 0 Å². The molecule has 10 aromatic carbocycles. The van der Waals surface area contributed by atoms with Gasteiger partial charge in [-0.15, -0.1) is 0 Å². The van der Waals surface area contributed by atoms with E-state index in [1.165, 1.54) is 94.1 Å². The molecule has 2 heteroatoms. The largest absolute Gasteiger partial charge is 0.309 e. The molecule has 0 aliphatic heterocycles. The minimum absolute atomic E-state index is 0.0207. The maximum Gasteiger partial charge on any atom is 0.193 e. The Hall–Kier alpha value is -8.33. The van der Waals surface area contributed by atoms with Crippen molar-refractivity contribution in [3.63, 3.8) is 0 Å². The van der Waals surface area contributed by atoms with Crippen LogP contribution in [0.4, 0.5) is 0 Å². The first kappa shape index (κ1) is 44.8. The SMILES string of the molecule is Cc1cccc(-c2cccc(C(=O)c3cccc(-c4cccc(-n5c6ccccc6c6cc7c(cc65)C(C)(C)c5ccccc5-7)c4)c3)c2)c1.Cc1ccccc1-c1cc2c(cc1C)C(C)(C)c1ccccc1-2. The summed E-state index contributed by atoms with van der Waals surface area (Å²) in [4.78, 5) is 13.9. The number of para-hydroxylation sites is 1. The minimum atomic E-state index is -0.0875. The molecule has 0 amide bonds. The van der Waals surface area contributed by atoms with Crippen molar-refractivity contribution >= 4 is 27.6 Å². The summed E-state index contributed by atoms with van der Waals surface area (Å²) in [5, 5.41) is 2.50. The Balaban J connectivity index is 0.000000192. The molecule has 72 heavy (non-hydrogen) atoms. The highest BCUT2D eigenvalue weighted by molar-refractivity contribution is 6.12. The molecule has 13 rings (SSSR count). The molecule has 348 valence electrons. The normalized spacial score (nSPS) is 13.5. The van der Waals surface area contributed by atoms with Crippen molar-refractivity contribution in [2.24, 2.45) is 0 Å². The number of carbonyl (C=O) groups excluding carboxylic acids is 1. The average molecular weight is 928 g/mol. The van der Waals surface area contributed by atoms with Crippen LogP contribution < -0.4 is 0 Å². The van der Waals surface area contributed by atoms with E-state index in [-0.39, 0.29) is 16.6 Å². The molecule has 2 aliphatic rings. The number of rotatable bonds is 6. The Morgan fingerprint density at radius 3 is 1.50 bits per heavy atom. The molecule has 1 heterocycles. The minimum Gasteiger partial charge on any atom is -0.309 e. The lowest BCUT2D eigenvalue weighted by Gasteiger charge is -2.22. The van der Waals surface area contributed by atoms with Crippen LogP contribution in [0, 0.1) is 20.8 Å². The van der Waals surface area contributed by atoms with E-state index < -0.39 is 0 Å². The molecule has 2 nitrogen and oxygen atoms in total. The van der Waals surface area contributed by atoms with Gasteiger partial charge in [0.15, 0.2) is 5.78 Å². The molecule has 0 fully saturated rings. The summed E-state index contributed by atoms with van der Waals surface area (Å²) in [6.45, 7) is 15.9. The average Bonchev–Trinajstić information content (AvgIpc) is 3.94. The van der Waals surface area contributed by atoms with Crippen molar-refractivity contribution < 1.29 is 4.79 Å². The zero-order chi connectivity index (χ0) is 49.5. The Morgan fingerprint density at radius 1 is 0.347 bits per heavy atom. The van der Waals surface area contributed by atoms with Crippen molar-refractivity contribution in [3.05, 3.63) is 268 Å². The van der Waals surface area contributed by atoms with Crippen LogP contribution in [-0.2, 0) is 10.8 Å². The zero-order valence-electron chi connectivity index (χ0n) is 42.1. The van der Waals surface area contributed by atoms with Crippen LogP contribution in [0.3, 0.4) is 0 Å². The van der Waals surface area contributed by atoms with E-state index in [1.807, 2.05) is 36.4 Å². The molecule has 0 bridgehead atoms. The summed E-state index contributed by atoms with van der Waals surface area (Å²) in [5.74, 6) is 0.0207. The van der Waals surface area contributed by atoms with Gasteiger partial charge in [-0.2, -0.15) is 0 Å². The van der Waals surface area contributed by atoms with Gasteiger partial charge in [-0.05, 0) is 158 Å². The topological polar surface area (TPSA) is 22.0 Å². The van der Waals surface area contributed by atoms with Gasteiger partial charge in [0.05, 0.1) is 11.0 Å². The number of aryl methyl sites for hydroxylation is 3. The van der Waals surface area contributed by atoms with Gasteiger partial charge in [-0.1, -0.05) is 203 Å². The maximum atomic E-state index is 13.9.